The van der Waals surface area contributed by atoms with Gasteiger partial charge in [0.2, 0.25) is 0 Å². The molecule has 2 aromatic heterocycles. The van der Waals surface area contributed by atoms with Gasteiger partial charge < -0.3 is 9.47 Å². The van der Waals surface area contributed by atoms with Gasteiger partial charge in [-0.15, -0.1) is 0 Å². The molecule has 0 spiro atoms. The molecular weight excluding hydrogens is 290 g/mol. The average Bonchev–Trinajstić information content (AvgIpc) is 3.17. The van der Waals surface area contributed by atoms with E-state index < -0.39 is 0 Å². The van der Waals surface area contributed by atoms with Gasteiger partial charge in [-0.2, -0.15) is 5.10 Å². The second-order valence-corrected chi connectivity index (χ2v) is 7.03. The topological polar surface area (TPSA) is 66.8 Å². The summed E-state index contributed by atoms with van der Waals surface area (Å²) in [5.74, 6) is 2.08. The summed E-state index contributed by atoms with van der Waals surface area (Å²) in [5.41, 5.74) is 4.08. The van der Waals surface area contributed by atoms with Crippen molar-refractivity contribution in [1.82, 2.24) is 24.6 Å². The van der Waals surface area contributed by atoms with Crippen LogP contribution < -0.4 is 0 Å². The Bertz CT molecular complexity index is 753. The van der Waals surface area contributed by atoms with Crippen LogP contribution in [0, 0.1) is 0 Å². The number of nitrogens with zero attached hydrogens (tertiary/aromatic N) is 4. The lowest BCUT2D eigenvalue weighted by molar-refractivity contribution is 0.0730. The summed E-state index contributed by atoms with van der Waals surface area (Å²) in [6.07, 6.45) is 4.87. The van der Waals surface area contributed by atoms with Gasteiger partial charge in [0.1, 0.15) is 5.82 Å². The third-order valence-corrected chi connectivity index (χ3v) is 4.98. The Kier molecular flexibility index (Phi) is 3.28. The summed E-state index contributed by atoms with van der Waals surface area (Å²) in [5, 5.41) is 7.11. The van der Waals surface area contributed by atoms with E-state index in [4.69, 9.17) is 4.98 Å². The maximum absolute atomic E-state index is 12.9. The largest absolute Gasteiger partial charge is 0.334 e. The summed E-state index contributed by atoms with van der Waals surface area (Å²) in [4.78, 5) is 19.6. The van der Waals surface area contributed by atoms with Crippen LogP contribution in [0.3, 0.4) is 0 Å². The predicted molar refractivity (Wildman–Crippen MR) is 86.3 cm³/mol. The van der Waals surface area contributed by atoms with E-state index in [1.165, 1.54) is 5.69 Å². The van der Waals surface area contributed by atoms with Gasteiger partial charge in [-0.3, -0.25) is 9.89 Å². The molecule has 0 bridgehead atoms. The zero-order valence-electron chi connectivity index (χ0n) is 14.0. The van der Waals surface area contributed by atoms with E-state index in [9.17, 15) is 4.79 Å². The maximum Gasteiger partial charge on any atom is 0.257 e. The Morgan fingerprint density at radius 2 is 2.17 bits per heavy atom. The van der Waals surface area contributed by atoms with Crippen LogP contribution in [0.5, 0.6) is 0 Å². The van der Waals surface area contributed by atoms with Gasteiger partial charge in [0.25, 0.3) is 5.91 Å². The number of aromatic nitrogens is 4. The van der Waals surface area contributed by atoms with Crippen molar-refractivity contribution in [3.63, 3.8) is 0 Å². The number of hydrogen-bond acceptors (Lipinski definition) is 3. The summed E-state index contributed by atoms with van der Waals surface area (Å²) in [7, 11) is 2.08. The van der Waals surface area contributed by atoms with Gasteiger partial charge in [0.05, 0.1) is 29.7 Å². The van der Waals surface area contributed by atoms with Gasteiger partial charge in [-0.1, -0.05) is 13.8 Å². The van der Waals surface area contributed by atoms with Crippen LogP contribution in [0.25, 0.3) is 0 Å². The molecule has 1 aliphatic carbocycles. The van der Waals surface area contributed by atoms with E-state index in [1.54, 1.807) is 6.20 Å². The molecule has 3 heterocycles. The lowest BCUT2D eigenvalue weighted by atomic mass is 10.1. The fourth-order valence-electron chi connectivity index (χ4n) is 3.56. The zero-order valence-corrected chi connectivity index (χ0v) is 14.0. The summed E-state index contributed by atoms with van der Waals surface area (Å²) < 4.78 is 2.20. The van der Waals surface area contributed by atoms with Crippen LogP contribution in [0.4, 0.5) is 0 Å². The Balaban J connectivity index is 1.59. The van der Waals surface area contributed by atoms with Crippen LogP contribution >= 0.6 is 0 Å². The minimum absolute atomic E-state index is 0.0862. The van der Waals surface area contributed by atoms with Crippen molar-refractivity contribution in [3.8, 4) is 0 Å². The van der Waals surface area contributed by atoms with Crippen molar-refractivity contribution in [2.24, 2.45) is 7.05 Å². The third kappa shape index (κ3) is 2.36. The second-order valence-electron chi connectivity index (χ2n) is 7.03. The maximum atomic E-state index is 12.9. The highest BCUT2D eigenvalue weighted by atomic mass is 16.2. The number of aromatic amines is 1. The minimum atomic E-state index is 0.0862. The first-order chi connectivity index (χ1) is 11.1. The molecule has 1 fully saturated rings. The van der Waals surface area contributed by atoms with Crippen LogP contribution in [0.15, 0.2) is 6.20 Å². The standard InChI is InChI=1S/C17H23N5O/c1-10(2)16-19-13-9-22(7-6-14(13)21(16)3)17(23)12-8-18-20-15(12)11-4-5-11/h8,10-11H,4-7,9H2,1-3H3,(H,18,20). The van der Waals surface area contributed by atoms with E-state index in [2.05, 4.69) is 35.7 Å². The Morgan fingerprint density at radius 1 is 1.39 bits per heavy atom. The lowest BCUT2D eigenvalue weighted by Crippen LogP contribution is -2.36. The molecule has 4 rings (SSSR count). The molecule has 1 aliphatic heterocycles. The van der Waals surface area contributed by atoms with E-state index in [-0.39, 0.29) is 5.91 Å². The number of imidazole rings is 1. The first-order valence-corrected chi connectivity index (χ1v) is 8.43. The van der Waals surface area contributed by atoms with Gasteiger partial charge in [-0.05, 0) is 12.8 Å². The minimum Gasteiger partial charge on any atom is -0.334 e. The first kappa shape index (κ1) is 14.5. The van der Waals surface area contributed by atoms with Gasteiger partial charge in [0, 0.05) is 37.5 Å². The number of hydrogen-bond donors (Lipinski definition) is 1. The molecular formula is C17H23N5O. The van der Waals surface area contributed by atoms with E-state index in [1.807, 2.05) is 4.90 Å². The molecule has 1 amide bonds. The monoisotopic (exact) mass is 313 g/mol. The highest BCUT2D eigenvalue weighted by Gasteiger charge is 2.33. The Labute approximate surface area is 135 Å². The zero-order chi connectivity index (χ0) is 16.1. The number of amides is 1. The van der Waals surface area contributed by atoms with Gasteiger partial charge in [-0.25, -0.2) is 4.98 Å². The molecule has 0 atom stereocenters. The van der Waals surface area contributed by atoms with Gasteiger partial charge in [0.15, 0.2) is 0 Å². The normalized spacial score (nSPS) is 17.7. The predicted octanol–water partition coefficient (Wildman–Crippen LogP) is 2.34. The van der Waals surface area contributed by atoms with E-state index >= 15 is 0 Å². The quantitative estimate of drug-likeness (QED) is 0.946. The highest BCUT2D eigenvalue weighted by molar-refractivity contribution is 5.95. The third-order valence-electron chi connectivity index (χ3n) is 4.98. The number of carbonyl (C=O) groups excluding carboxylic acids is 1. The molecule has 122 valence electrons. The van der Waals surface area contributed by atoms with Crippen LogP contribution in [0.1, 0.15) is 71.8 Å². The molecule has 2 aliphatic rings. The number of rotatable bonds is 3. The Morgan fingerprint density at radius 3 is 2.87 bits per heavy atom. The van der Waals surface area contributed by atoms with Crippen LogP contribution in [-0.4, -0.2) is 37.1 Å². The fraction of sp³-hybridized carbons (Fsp3) is 0.588. The van der Waals surface area contributed by atoms with E-state index in [0.29, 0.717) is 18.4 Å². The van der Waals surface area contributed by atoms with Gasteiger partial charge >= 0.3 is 0 Å². The lowest BCUT2D eigenvalue weighted by Gasteiger charge is -2.26. The van der Waals surface area contributed by atoms with Crippen molar-refractivity contribution in [3.05, 3.63) is 34.7 Å². The molecule has 23 heavy (non-hydrogen) atoms. The summed E-state index contributed by atoms with van der Waals surface area (Å²) in [6.45, 7) is 5.66. The molecule has 1 saturated carbocycles. The van der Waals surface area contributed by atoms with Crippen molar-refractivity contribution in [1.29, 1.82) is 0 Å². The molecule has 6 nitrogen and oxygen atoms in total. The van der Waals surface area contributed by atoms with E-state index in [0.717, 1.165) is 48.6 Å². The van der Waals surface area contributed by atoms with Crippen molar-refractivity contribution < 1.29 is 4.79 Å². The Hall–Kier alpha value is -2.11. The summed E-state index contributed by atoms with van der Waals surface area (Å²) in [6, 6.07) is 0. The average molecular weight is 313 g/mol. The second kappa shape index (κ2) is 5.22. The molecule has 0 saturated heterocycles. The smallest absolute Gasteiger partial charge is 0.257 e. The number of H-pyrrole nitrogens is 1. The fourth-order valence-corrected chi connectivity index (χ4v) is 3.56. The summed E-state index contributed by atoms with van der Waals surface area (Å²) >= 11 is 0. The molecule has 0 unspecified atom stereocenters. The van der Waals surface area contributed by atoms with Crippen molar-refractivity contribution in [2.45, 2.75) is 51.5 Å². The van der Waals surface area contributed by atoms with Crippen molar-refractivity contribution >= 4 is 5.91 Å². The first-order valence-electron chi connectivity index (χ1n) is 8.43. The number of nitrogens with one attached hydrogen (secondary N) is 1. The van der Waals surface area contributed by atoms with Crippen molar-refractivity contribution in [2.75, 3.05) is 6.54 Å². The molecule has 0 aromatic carbocycles. The highest BCUT2D eigenvalue weighted by Crippen LogP contribution is 2.40. The number of carbonyl (C=O) groups is 1. The molecule has 2 aromatic rings. The number of fused-ring (bicyclic) bond motifs is 1. The SMILES string of the molecule is CC(C)c1nc2c(n1C)CCN(C(=O)c1cn[nH]c1C1CC1)C2. The molecule has 6 heteroatoms. The molecule has 1 N–H and O–H groups in total. The molecule has 0 radical (unpaired) electrons. The van der Waals surface area contributed by atoms with Crippen LogP contribution in [-0.2, 0) is 20.0 Å². The van der Waals surface area contributed by atoms with Crippen LogP contribution in [0.2, 0.25) is 0 Å².